The molecule has 0 saturated carbocycles. The van der Waals surface area contributed by atoms with E-state index in [1.54, 1.807) is 0 Å². The Morgan fingerprint density at radius 2 is 1.20 bits per heavy atom. The second-order valence-corrected chi connectivity index (χ2v) is 8.93. The Labute approximate surface area is 188 Å². The minimum Gasteiger partial charge on any atom is -0.320 e. The molecule has 1 rings (SSSR count). The van der Waals surface area contributed by atoms with E-state index in [4.69, 9.17) is 0 Å². The fourth-order valence-corrected chi connectivity index (χ4v) is 4.25. The third-order valence-corrected chi connectivity index (χ3v) is 6.54. The molecule has 0 spiro atoms. The zero-order chi connectivity index (χ0) is 21.8. The topological polar surface area (TPSA) is 0 Å². The first-order valence-corrected chi connectivity index (χ1v) is 13.0. The van der Waals surface area contributed by atoms with E-state index >= 15 is 0 Å². The van der Waals surface area contributed by atoms with Crippen molar-refractivity contribution in [3.05, 3.63) is 60.2 Å². The van der Waals surface area contributed by atoms with E-state index in [2.05, 4.69) is 75.4 Å². The molecule has 0 amide bonds. The Hall–Kier alpha value is -1.34. The maximum absolute atomic E-state index is 2.38. The van der Waals surface area contributed by atoms with Crippen molar-refractivity contribution in [3.8, 4) is 0 Å². The lowest BCUT2D eigenvalue weighted by Crippen LogP contribution is -2.47. The van der Waals surface area contributed by atoms with Crippen LogP contribution in [-0.4, -0.2) is 24.1 Å². The second-order valence-electron chi connectivity index (χ2n) is 8.93. The highest BCUT2D eigenvalue weighted by atomic mass is 15.3. The van der Waals surface area contributed by atoms with Gasteiger partial charge >= 0.3 is 0 Å². The molecule has 170 valence electrons. The van der Waals surface area contributed by atoms with E-state index in [1.807, 2.05) is 0 Å². The number of allylic oxidation sites excluding steroid dienone is 4. The lowest BCUT2D eigenvalue weighted by molar-refractivity contribution is -0.938. The molecule has 0 heterocycles. The molecule has 0 N–H and O–H groups in total. The zero-order valence-corrected chi connectivity index (χ0v) is 20.5. The molecule has 1 aromatic rings. The molecule has 0 fully saturated rings. The maximum atomic E-state index is 2.38. The van der Waals surface area contributed by atoms with Crippen molar-refractivity contribution >= 4 is 0 Å². The zero-order valence-electron chi connectivity index (χ0n) is 20.5. The van der Waals surface area contributed by atoms with Gasteiger partial charge in [0.1, 0.15) is 6.54 Å². The molecule has 0 unspecified atom stereocenters. The molecule has 0 aliphatic heterocycles. The van der Waals surface area contributed by atoms with Gasteiger partial charge in [0, 0.05) is 5.56 Å². The standard InChI is InChI=1S/C29H50N/c1-4-7-8-9-10-11-12-13-14-15-16-17-18-19-20-24-27-30(5-2,6-3)28-29-25-22-21-23-26-29/h10-11,13-14,21-23,25-26H,4-9,12,15-20,24,27-28H2,1-3H3/q+1/b11-10-,14-13-. The van der Waals surface area contributed by atoms with Gasteiger partial charge in [-0.15, -0.1) is 0 Å². The fourth-order valence-electron chi connectivity index (χ4n) is 4.25. The number of unbranched alkanes of at least 4 members (excludes halogenated alkanes) is 9. The number of benzene rings is 1. The first-order valence-electron chi connectivity index (χ1n) is 13.0. The largest absolute Gasteiger partial charge is 0.320 e. The number of quaternary nitrogens is 1. The van der Waals surface area contributed by atoms with Crippen LogP contribution in [0.2, 0.25) is 0 Å². The van der Waals surface area contributed by atoms with Crippen molar-refractivity contribution in [1.29, 1.82) is 0 Å². The van der Waals surface area contributed by atoms with Gasteiger partial charge in [-0.1, -0.05) is 93.7 Å². The van der Waals surface area contributed by atoms with E-state index in [1.165, 1.54) is 107 Å². The van der Waals surface area contributed by atoms with Gasteiger partial charge in [-0.2, -0.15) is 0 Å². The Morgan fingerprint density at radius 1 is 0.633 bits per heavy atom. The van der Waals surface area contributed by atoms with Crippen LogP contribution in [0.4, 0.5) is 0 Å². The van der Waals surface area contributed by atoms with Crippen LogP contribution in [0.25, 0.3) is 0 Å². The lowest BCUT2D eigenvalue weighted by Gasteiger charge is -2.37. The van der Waals surface area contributed by atoms with Crippen LogP contribution in [0, 0.1) is 0 Å². The van der Waals surface area contributed by atoms with Crippen LogP contribution in [0.5, 0.6) is 0 Å². The predicted octanol–water partition coefficient (Wildman–Crippen LogP) is 8.86. The number of hydrogen-bond acceptors (Lipinski definition) is 0. The molecule has 0 aliphatic carbocycles. The summed E-state index contributed by atoms with van der Waals surface area (Å²) < 4.78 is 1.24. The van der Waals surface area contributed by atoms with Gasteiger partial charge < -0.3 is 4.48 Å². The molecular weight excluding hydrogens is 362 g/mol. The van der Waals surface area contributed by atoms with Crippen molar-refractivity contribution < 1.29 is 4.48 Å². The summed E-state index contributed by atoms with van der Waals surface area (Å²) in [5.41, 5.74) is 1.49. The van der Waals surface area contributed by atoms with E-state index < -0.39 is 0 Å². The van der Waals surface area contributed by atoms with Crippen LogP contribution < -0.4 is 0 Å². The molecular formula is C29H50N+. The molecule has 0 saturated heterocycles. The summed E-state index contributed by atoms with van der Waals surface area (Å²) in [5.74, 6) is 0. The Morgan fingerprint density at radius 3 is 1.80 bits per heavy atom. The van der Waals surface area contributed by atoms with Crippen LogP contribution in [0.1, 0.15) is 103 Å². The summed E-state index contributed by atoms with van der Waals surface area (Å²) in [6.07, 6.45) is 25.4. The van der Waals surface area contributed by atoms with Crippen molar-refractivity contribution in [2.45, 2.75) is 104 Å². The highest BCUT2D eigenvalue weighted by Crippen LogP contribution is 2.17. The van der Waals surface area contributed by atoms with E-state index in [0.29, 0.717) is 0 Å². The molecule has 0 atom stereocenters. The van der Waals surface area contributed by atoms with Gasteiger partial charge in [0.25, 0.3) is 0 Å². The summed E-state index contributed by atoms with van der Waals surface area (Å²) in [4.78, 5) is 0. The van der Waals surface area contributed by atoms with Crippen LogP contribution in [-0.2, 0) is 6.54 Å². The molecule has 0 radical (unpaired) electrons. The SMILES string of the molecule is CCCCC/C=C\C/C=C\CCCCCCCC[N+](CC)(CC)Cc1ccccc1. The summed E-state index contributed by atoms with van der Waals surface area (Å²) in [6.45, 7) is 12.0. The normalized spacial score (nSPS) is 12.4. The van der Waals surface area contributed by atoms with Crippen molar-refractivity contribution in [1.82, 2.24) is 0 Å². The highest BCUT2D eigenvalue weighted by Gasteiger charge is 2.22. The number of rotatable bonds is 19. The third-order valence-electron chi connectivity index (χ3n) is 6.54. The Bertz CT molecular complexity index is 539. The molecule has 1 aromatic carbocycles. The average molecular weight is 413 g/mol. The summed E-state index contributed by atoms with van der Waals surface area (Å²) in [6, 6.07) is 11.1. The minimum atomic E-state index is 1.12. The quantitative estimate of drug-likeness (QED) is 0.121. The van der Waals surface area contributed by atoms with Gasteiger partial charge in [0.05, 0.1) is 19.6 Å². The second kappa shape index (κ2) is 18.4. The number of hydrogen-bond donors (Lipinski definition) is 0. The van der Waals surface area contributed by atoms with Crippen molar-refractivity contribution in [3.63, 3.8) is 0 Å². The van der Waals surface area contributed by atoms with E-state index in [-0.39, 0.29) is 0 Å². The lowest BCUT2D eigenvalue weighted by atomic mass is 10.1. The molecule has 0 aromatic heterocycles. The van der Waals surface area contributed by atoms with Crippen LogP contribution >= 0.6 is 0 Å². The number of nitrogens with zero attached hydrogens (tertiary/aromatic N) is 1. The molecule has 1 nitrogen and oxygen atoms in total. The van der Waals surface area contributed by atoms with E-state index in [0.717, 1.165) is 6.42 Å². The monoisotopic (exact) mass is 412 g/mol. The highest BCUT2D eigenvalue weighted by molar-refractivity contribution is 5.13. The third kappa shape index (κ3) is 13.1. The predicted molar refractivity (Wildman–Crippen MR) is 136 cm³/mol. The van der Waals surface area contributed by atoms with Crippen molar-refractivity contribution in [2.75, 3.05) is 19.6 Å². The van der Waals surface area contributed by atoms with Crippen molar-refractivity contribution in [2.24, 2.45) is 0 Å². The molecule has 30 heavy (non-hydrogen) atoms. The Balaban J connectivity index is 2.04. The summed E-state index contributed by atoms with van der Waals surface area (Å²) >= 11 is 0. The molecule has 0 aliphatic rings. The Kier molecular flexibility index (Phi) is 16.4. The first-order chi connectivity index (χ1) is 14.8. The molecule has 0 bridgehead atoms. The van der Waals surface area contributed by atoms with Gasteiger partial charge in [-0.05, 0) is 58.8 Å². The van der Waals surface area contributed by atoms with Gasteiger partial charge in [0.15, 0.2) is 0 Å². The summed E-state index contributed by atoms with van der Waals surface area (Å²) in [7, 11) is 0. The van der Waals surface area contributed by atoms with Gasteiger partial charge in [-0.25, -0.2) is 0 Å². The average Bonchev–Trinajstić information content (AvgIpc) is 2.78. The van der Waals surface area contributed by atoms with E-state index in [9.17, 15) is 0 Å². The fraction of sp³-hybridized carbons (Fsp3) is 0.655. The molecule has 1 heteroatoms. The smallest absolute Gasteiger partial charge is 0.104 e. The maximum Gasteiger partial charge on any atom is 0.104 e. The van der Waals surface area contributed by atoms with Crippen LogP contribution in [0.15, 0.2) is 54.6 Å². The first kappa shape index (κ1) is 26.7. The van der Waals surface area contributed by atoms with Gasteiger partial charge in [0.2, 0.25) is 0 Å². The minimum absolute atomic E-state index is 1.12. The van der Waals surface area contributed by atoms with Gasteiger partial charge in [-0.3, -0.25) is 0 Å². The van der Waals surface area contributed by atoms with Crippen LogP contribution in [0.3, 0.4) is 0 Å². The summed E-state index contributed by atoms with van der Waals surface area (Å²) in [5, 5.41) is 0.